The lowest BCUT2D eigenvalue weighted by Crippen LogP contribution is -2.64. The smallest absolute Gasteiger partial charge is 0.302 e. The normalized spacial score (nSPS) is 24.4. The van der Waals surface area contributed by atoms with Crippen LogP contribution in [0.3, 0.4) is 0 Å². The summed E-state index contributed by atoms with van der Waals surface area (Å²) in [5, 5.41) is 0. The van der Waals surface area contributed by atoms with Crippen LogP contribution >= 0.6 is 0 Å². The summed E-state index contributed by atoms with van der Waals surface area (Å²) in [5.41, 5.74) is 3.04. The summed E-state index contributed by atoms with van der Waals surface area (Å²) in [7, 11) is 1.74. The number of hydrogen-bond donors (Lipinski definition) is 0. The Kier molecular flexibility index (Phi) is 4.40. The maximum Gasteiger partial charge on any atom is 0.328 e. The van der Waals surface area contributed by atoms with Gasteiger partial charge < -0.3 is 4.90 Å². The maximum absolute atomic E-state index is 13.3. The molecule has 1 fully saturated rings. The number of carbonyl (C=O) groups is 2. The number of para-hydroxylation sites is 1. The monoisotopic (exact) mass is 381 g/mol. The van der Waals surface area contributed by atoms with E-state index >= 15 is 0 Å². The molecule has 1 aromatic rings. The lowest BCUT2D eigenvalue weighted by Gasteiger charge is -2.41. The Balaban J connectivity index is 1.71. The van der Waals surface area contributed by atoms with Crippen molar-refractivity contribution in [3.63, 3.8) is 0 Å². The quantitative estimate of drug-likeness (QED) is 0.804. The molecule has 0 aromatic heterocycles. The van der Waals surface area contributed by atoms with Crippen LogP contribution in [-0.4, -0.2) is 58.4 Å². The second-order valence-corrected chi connectivity index (χ2v) is 8.07. The third-order valence-corrected chi connectivity index (χ3v) is 5.84. The van der Waals surface area contributed by atoms with Crippen LogP contribution in [0.5, 0.6) is 0 Å². The molecule has 7 nitrogen and oxygen atoms in total. The predicted octanol–water partition coefficient (Wildman–Crippen LogP) is 3.06. The van der Waals surface area contributed by atoms with Crippen molar-refractivity contribution < 1.29 is 9.59 Å². The second kappa shape index (κ2) is 6.65. The Morgan fingerprint density at radius 1 is 1.07 bits per heavy atom. The van der Waals surface area contributed by atoms with Crippen LogP contribution in [0, 0.1) is 5.92 Å². The van der Waals surface area contributed by atoms with Crippen molar-refractivity contribution in [3.8, 4) is 0 Å². The maximum atomic E-state index is 13.3. The lowest BCUT2D eigenvalue weighted by molar-refractivity contribution is -0.137. The van der Waals surface area contributed by atoms with Crippen LogP contribution in [0.15, 0.2) is 46.7 Å². The summed E-state index contributed by atoms with van der Waals surface area (Å²) < 4.78 is 0. The molecule has 2 unspecified atom stereocenters. The molecule has 3 aliphatic heterocycles. The second-order valence-electron chi connectivity index (χ2n) is 8.07. The van der Waals surface area contributed by atoms with E-state index in [2.05, 4.69) is 18.7 Å². The van der Waals surface area contributed by atoms with E-state index < -0.39 is 12.2 Å². The predicted molar refractivity (Wildman–Crippen MR) is 108 cm³/mol. The van der Waals surface area contributed by atoms with Gasteiger partial charge in [-0.3, -0.25) is 19.5 Å². The molecule has 0 N–H and O–H groups in total. The van der Waals surface area contributed by atoms with E-state index in [1.807, 2.05) is 49.1 Å². The SMILES string of the molecule is CC1=C(C)N2C(=NC3C2C(=O)N(CCC(C)C)C(=O)N3C)N1c1ccccc1. The van der Waals surface area contributed by atoms with Crippen molar-refractivity contribution in [1.82, 2.24) is 14.7 Å². The number of aliphatic imine (C=N–C) groups is 1. The Bertz CT molecular complexity index is 876. The highest BCUT2D eigenvalue weighted by atomic mass is 16.2. The van der Waals surface area contributed by atoms with E-state index in [9.17, 15) is 9.59 Å². The molecule has 7 heteroatoms. The van der Waals surface area contributed by atoms with E-state index in [-0.39, 0.29) is 11.9 Å². The number of rotatable bonds is 4. The molecule has 3 heterocycles. The third kappa shape index (κ3) is 2.60. The average Bonchev–Trinajstić information content (AvgIpc) is 3.16. The minimum Gasteiger partial charge on any atom is -0.302 e. The number of imide groups is 1. The molecule has 0 aliphatic carbocycles. The van der Waals surface area contributed by atoms with Gasteiger partial charge in [0.15, 0.2) is 12.2 Å². The fraction of sp³-hybridized carbons (Fsp3) is 0.476. The zero-order valence-electron chi connectivity index (χ0n) is 17.1. The van der Waals surface area contributed by atoms with E-state index in [1.165, 1.54) is 4.90 Å². The number of guanidine groups is 1. The highest BCUT2D eigenvalue weighted by molar-refractivity contribution is 6.10. The minimum atomic E-state index is -0.506. The summed E-state index contributed by atoms with van der Waals surface area (Å²) >= 11 is 0. The van der Waals surface area contributed by atoms with Crippen LogP contribution in [0.2, 0.25) is 0 Å². The highest BCUT2D eigenvalue weighted by Crippen LogP contribution is 2.39. The summed E-state index contributed by atoms with van der Waals surface area (Å²) in [6.07, 6.45) is 0.292. The molecule has 4 rings (SSSR count). The number of benzene rings is 1. The van der Waals surface area contributed by atoms with Gasteiger partial charge in [0, 0.05) is 30.7 Å². The van der Waals surface area contributed by atoms with Gasteiger partial charge >= 0.3 is 6.03 Å². The first-order valence-electron chi connectivity index (χ1n) is 9.80. The topological polar surface area (TPSA) is 59.5 Å². The van der Waals surface area contributed by atoms with Crippen molar-refractivity contribution in [2.24, 2.45) is 10.9 Å². The molecule has 3 amide bonds. The van der Waals surface area contributed by atoms with Gasteiger partial charge in [-0.1, -0.05) is 32.0 Å². The fourth-order valence-corrected chi connectivity index (χ4v) is 4.09. The molecular formula is C21H27N5O2. The van der Waals surface area contributed by atoms with Gasteiger partial charge in [0.2, 0.25) is 5.96 Å². The van der Waals surface area contributed by atoms with Crippen LogP contribution in [0.25, 0.3) is 0 Å². The molecule has 1 saturated heterocycles. The first-order chi connectivity index (χ1) is 13.3. The van der Waals surface area contributed by atoms with Crippen molar-refractivity contribution in [2.45, 2.75) is 46.3 Å². The number of amides is 3. The van der Waals surface area contributed by atoms with E-state index in [1.54, 1.807) is 11.9 Å². The van der Waals surface area contributed by atoms with Crippen molar-refractivity contribution in [2.75, 3.05) is 18.5 Å². The van der Waals surface area contributed by atoms with E-state index in [0.29, 0.717) is 12.5 Å². The number of hydrogen-bond acceptors (Lipinski definition) is 5. The van der Waals surface area contributed by atoms with Gasteiger partial charge in [0.05, 0.1) is 0 Å². The molecule has 0 radical (unpaired) electrons. The van der Waals surface area contributed by atoms with Crippen molar-refractivity contribution in [1.29, 1.82) is 0 Å². The zero-order chi connectivity index (χ0) is 20.2. The first kappa shape index (κ1) is 18.5. The Morgan fingerprint density at radius 3 is 2.39 bits per heavy atom. The summed E-state index contributed by atoms with van der Waals surface area (Å²) in [6, 6.07) is 9.22. The van der Waals surface area contributed by atoms with Gasteiger partial charge in [-0.25, -0.2) is 9.79 Å². The molecule has 0 spiro atoms. The summed E-state index contributed by atoms with van der Waals surface area (Å²) in [5.74, 6) is 0.979. The van der Waals surface area contributed by atoms with Crippen LogP contribution < -0.4 is 4.90 Å². The van der Waals surface area contributed by atoms with E-state index in [4.69, 9.17) is 4.99 Å². The lowest BCUT2D eigenvalue weighted by atomic mass is 10.1. The zero-order valence-corrected chi connectivity index (χ0v) is 17.1. The number of fused-ring (bicyclic) bond motifs is 3. The molecule has 28 heavy (non-hydrogen) atoms. The number of carbonyl (C=O) groups excluding carboxylic acids is 2. The molecule has 3 aliphatic rings. The van der Waals surface area contributed by atoms with Gasteiger partial charge in [0.1, 0.15) is 0 Å². The van der Waals surface area contributed by atoms with Crippen LogP contribution in [-0.2, 0) is 4.79 Å². The molecule has 148 valence electrons. The average molecular weight is 381 g/mol. The van der Waals surface area contributed by atoms with Gasteiger partial charge in [0.25, 0.3) is 5.91 Å². The van der Waals surface area contributed by atoms with E-state index in [0.717, 1.165) is 29.5 Å². The Morgan fingerprint density at radius 2 is 1.75 bits per heavy atom. The third-order valence-electron chi connectivity index (χ3n) is 5.84. The molecular weight excluding hydrogens is 354 g/mol. The minimum absolute atomic E-state index is 0.158. The number of nitrogens with zero attached hydrogens (tertiary/aromatic N) is 5. The summed E-state index contributed by atoms with van der Waals surface area (Å²) in [6.45, 7) is 8.68. The molecule has 2 atom stereocenters. The van der Waals surface area contributed by atoms with Crippen molar-refractivity contribution in [3.05, 3.63) is 41.7 Å². The van der Waals surface area contributed by atoms with Crippen LogP contribution in [0.4, 0.5) is 10.5 Å². The molecule has 1 aromatic carbocycles. The van der Waals surface area contributed by atoms with Gasteiger partial charge in [-0.05, 0) is 38.3 Å². The Labute approximate surface area is 165 Å². The fourth-order valence-electron chi connectivity index (χ4n) is 4.09. The standard InChI is InChI=1S/C21H27N5O2/c1-13(2)11-12-24-19(27)17-18(23(5)21(24)28)22-20-25(14(3)15(4)26(17)20)16-9-7-6-8-10-16/h6-10,13,17-18H,11-12H2,1-5H3. The van der Waals surface area contributed by atoms with Gasteiger partial charge in [-0.15, -0.1) is 0 Å². The number of urea groups is 1. The van der Waals surface area contributed by atoms with Gasteiger partial charge in [-0.2, -0.15) is 0 Å². The molecule has 0 saturated carbocycles. The molecule has 0 bridgehead atoms. The summed E-state index contributed by atoms with van der Waals surface area (Å²) in [4.78, 5) is 38.1. The first-order valence-corrected chi connectivity index (χ1v) is 9.80. The Hall–Kier alpha value is -2.83. The largest absolute Gasteiger partial charge is 0.328 e. The van der Waals surface area contributed by atoms with Crippen molar-refractivity contribution >= 4 is 23.6 Å². The number of likely N-dealkylation sites (N-methyl/N-ethyl adjacent to an activating group) is 1. The number of allylic oxidation sites excluding steroid dienone is 2. The van der Waals surface area contributed by atoms with Crippen LogP contribution in [0.1, 0.15) is 34.1 Å². The highest BCUT2D eigenvalue weighted by Gasteiger charge is 2.55. The number of anilines is 1.